The van der Waals surface area contributed by atoms with Crippen molar-refractivity contribution >= 4 is 0 Å². The number of epoxide rings is 1. The Labute approximate surface area is 89.3 Å². The van der Waals surface area contributed by atoms with E-state index in [1.165, 1.54) is 24.8 Å². The fraction of sp³-hybridized carbons (Fsp3) is 0.538. The molecule has 1 saturated heterocycles. The molecular formula is C13H15FO. The van der Waals surface area contributed by atoms with Gasteiger partial charge < -0.3 is 4.74 Å². The van der Waals surface area contributed by atoms with E-state index in [4.69, 9.17) is 4.74 Å². The zero-order chi connectivity index (χ0) is 10.3. The Balaban J connectivity index is 1.72. The molecule has 1 spiro atoms. The highest BCUT2D eigenvalue weighted by atomic mass is 19.1. The molecule has 0 radical (unpaired) electrons. The van der Waals surface area contributed by atoms with Gasteiger partial charge in [-0.05, 0) is 42.9 Å². The van der Waals surface area contributed by atoms with Crippen molar-refractivity contribution in [2.24, 2.45) is 5.92 Å². The van der Waals surface area contributed by atoms with Gasteiger partial charge in [0.2, 0.25) is 0 Å². The molecule has 2 aliphatic rings. The summed E-state index contributed by atoms with van der Waals surface area (Å²) in [5, 5.41) is 0. The molecule has 0 N–H and O–H groups in total. The monoisotopic (exact) mass is 206 g/mol. The third-order valence-corrected chi connectivity index (χ3v) is 3.81. The first kappa shape index (κ1) is 9.34. The van der Waals surface area contributed by atoms with Gasteiger partial charge in [-0.2, -0.15) is 0 Å². The molecule has 1 aromatic rings. The molecule has 2 unspecified atom stereocenters. The van der Waals surface area contributed by atoms with E-state index >= 15 is 0 Å². The van der Waals surface area contributed by atoms with Crippen LogP contribution in [-0.4, -0.2) is 12.2 Å². The number of halogens is 1. The van der Waals surface area contributed by atoms with Crippen LogP contribution >= 0.6 is 0 Å². The predicted molar refractivity (Wildman–Crippen MR) is 56.1 cm³/mol. The largest absolute Gasteiger partial charge is 0.369 e. The van der Waals surface area contributed by atoms with E-state index in [1.807, 2.05) is 12.1 Å². The maximum absolute atomic E-state index is 12.7. The minimum atomic E-state index is -0.150. The van der Waals surface area contributed by atoms with E-state index in [2.05, 4.69) is 0 Å². The van der Waals surface area contributed by atoms with Gasteiger partial charge in [0, 0.05) is 0 Å². The van der Waals surface area contributed by atoms with Crippen LogP contribution in [0.3, 0.4) is 0 Å². The summed E-state index contributed by atoms with van der Waals surface area (Å²) in [5.74, 6) is 0.505. The maximum Gasteiger partial charge on any atom is 0.123 e. The van der Waals surface area contributed by atoms with Crippen LogP contribution in [0.5, 0.6) is 0 Å². The van der Waals surface area contributed by atoms with Gasteiger partial charge in [-0.15, -0.1) is 0 Å². The smallest absolute Gasteiger partial charge is 0.123 e. The van der Waals surface area contributed by atoms with Gasteiger partial charge >= 0.3 is 0 Å². The van der Waals surface area contributed by atoms with E-state index in [0.717, 1.165) is 13.0 Å². The van der Waals surface area contributed by atoms with Crippen LogP contribution in [0.15, 0.2) is 24.3 Å². The number of hydrogen-bond donors (Lipinski definition) is 0. The van der Waals surface area contributed by atoms with Crippen molar-refractivity contribution in [1.82, 2.24) is 0 Å². The summed E-state index contributed by atoms with van der Waals surface area (Å²) in [6.07, 6.45) is 4.81. The Morgan fingerprint density at radius 3 is 2.73 bits per heavy atom. The molecule has 3 rings (SSSR count). The Morgan fingerprint density at radius 2 is 2.07 bits per heavy atom. The van der Waals surface area contributed by atoms with Crippen LogP contribution in [0, 0.1) is 11.7 Å². The van der Waals surface area contributed by atoms with E-state index in [-0.39, 0.29) is 11.4 Å². The molecule has 2 heteroatoms. The second kappa shape index (κ2) is 3.31. The Bertz CT molecular complexity index is 353. The average molecular weight is 206 g/mol. The quantitative estimate of drug-likeness (QED) is 0.678. The third-order valence-electron chi connectivity index (χ3n) is 3.81. The lowest BCUT2D eigenvalue weighted by Gasteiger charge is -2.15. The lowest BCUT2D eigenvalue weighted by molar-refractivity contribution is 0.245. The highest BCUT2D eigenvalue weighted by molar-refractivity contribution is 5.19. The van der Waals surface area contributed by atoms with Gasteiger partial charge in [-0.3, -0.25) is 0 Å². The summed E-state index contributed by atoms with van der Waals surface area (Å²) in [5.41, 5.74) is 1.45. The topological polar surface area (TPSA) is 12.5 Å². The highest BCUT2D eigenvalue weighted by Crippen LogP contribution is 2.49. The average Bonchev–Trinajstić information content (AvgIpc) is 2.90. The van der Waals surface area contributed by atoms with Crippen LogP contribution in [0.25, 0.3) is 0 Å². The number of benzene rings is 1. The van der Waals surface area contributed by atoms with E-state index < -0.39 is 0 Å². The molecule has 2 atom stereocenters. The molecular weight excluding hydrogens is 191 g/mol. The lowest BCUT2D eigenvalue weighted by Crippen LogP contribution is -2.19. The molecule has 1 nitrogen and oxygen atoms in total. The fourth-order valence-electron chi connectivity index (χ4n) is 2.78. The Morgan fingerprint density at radius 1 is 1.33 bits per heavy atom. The van der Waals surface area contributed by atoms with Crippen molar-refractivity contribution in [2.75, 3.05) is 6.61 Å². The molecule has 80 valence electrons. The number of rotatable bonds is 2. The molecule has 2 fully saturated rings. The van der Waals surface area contributed by atoms with Crippen LogP contribution in [0.4, 0.5) is 4.39 Å². The molecule has 1 saturated carbocycles. The van der Waals surface area contributed by atoms with Crippen LogP contribution < -0.4 is 0 Å². The van der Waals surface area contributed by atoms with Crippen molar-refractivity contribution in [1.29, 1.82) is 0 Å². The van der Waals surface area contributed by atoms with Gasteiger partial charge in [0.15, 0.2) is 0 Å². The van der Waals surface area contributed by atoms with E-state index in [1.54, 1.807) is 12.1 Å². The second-order valence-electron chi connectivity index (χ2n) is 4.77. The minimum Gasteiger partial charge on any atom is -0.369 e. The second-order valence-corrected chi connectivity index (χ2v) is 4.77. The Hall–Kier alpha value is -0.890. The Kier molecular flexibility index (Phi) is 2.06. The summed E-state index contributed by atoms with van der Waals surface area (Å²) >= 11 is 0. The van der Waals surface area contributed by atoms with Crippen molar-refractivity contribution in [3.05, 3.63) is 35.6 Å². The molecule has 0 amide bonds. The zero-order valence-corrected chi connectivity index (χ0v) is 8.71. The number of ether oxygens (including phenoxy) is 1. The summed E-state index contributed by atoms with van der Waals surface area (Å²) in [6, 6.07) is 6.88. The lowest BCUT2D eigenvalue weighted by atomic mass is 9.90. The van der Waals surface area contributed by atoms with Gasteiger partial charge in [0.25, 0.3) is 0 Å². The molecule has 1 aliphatic heterocycles. The molecule has 15 heavy (non-hydrogen) atoms. The van der Waals surface area contributed by atoms with Crippen molar-refractivity contribution in [3.63, 3.8) is 0 Å². The molecule has 1 aliphatic carbocycles. The van der Waals surface area contributed by atoms with Gasteiger partial charge in [0.1, 0.15) is 5.82 Å². The van der Waals surface area contributed by atoms with Gasteiger partial charge in [-0.1, -0.05) is 18.6 Å². The fourth-order valence-corrected chi connectivity index (χ4v) is 2.78. The van der Waals surface area contributed by atoms with E-state index in [0.29, 0.717) is 5.92 Å². The first-order chi connectivity index (χ1) is 7.28. The first-order valence-electron chi connectivity index (χ1n) is 5.67. The normalized spacial score (nSPS) is 33.5. The predicted octanol–water partition coefficient (Wildman–Crippen LogP) is 2.94. The summed E-state index contributed by atoms with van der Waals surface area (Å²) in [6.45, 7) is 0.943. The van der Waals surface area contributed by atoms with Crippen molar-refractivity contribution in [2.45, 2.75) is 31.3 Å². The van der Waals surface area contributed by atoms with E-state index in [9.17, 15) is 4.39 Å². The summed E-state index contributed by atoms with van der Waals surface area (Å²) in [4.78, 5) is 0. The van der Waals surface area contributed by atoms with Crippen LogP contribution in [0.2, 0.25) is 0 Å². The zero-order valence-electron chi connectivity index (χ0n) is 8.71. The highest BCUT2D eigenvalue weighted by Gasteiger charge is 2.53. The van der Waals surface area contributed by atoms with Crippen LogP contribution in [-0.2, 0) is 11.2 Å². The summed E-state index contributed by atoms with van der Waals surface area (Å²) in [7, 11) is 0. The number of hydrogen-bond acceptors (Lipinski definition) is 1. The first-order valence-corrected chi connectivity index (χ1v) is 5.67. The maximum atomic E-state index is 12.7. The van der Waals surface area contributed by atoms with Gasteiger partial charge in [0.05, 0.1) is 12.2 Å². The molecule has 0 bridgehead atoms. The van der Waals surface area contributed by atoms with Crippen LogP contribution in [0.1, 0.15) is 24.8 Å². The van der Waals surface area contributed by atoms with Gasteiger partial charge in [-0.25, -0.2) is 4.39 Å². The standard InChI is InChI=1S/C13H15FO/c14-12-5-3-10(4-6-12)8-11-2-1-7-13(11)9-15-13/h3-6,11H,1-2,7-9H2. The molecule has 1 aromatic carbocycles. The molecule has 0 aromatic heterocycles. The minimum absolute atomic E-state index is 0.150. The third kappa shape index (κ3) is 1.67. The van der Waals surface area contributed by atoms with Crippen molar-refractivity contribution in [3.8, 4) is 0 Å². The van der Waals surface area contributed by atoms with Crippen molar-refractivity contribution < 1.29 is 9.13 Å². The molecule has 1 heterocycles. The SMILES string of the molecule is Fc1ccc(CC2CCCC23CO3)cc1. The summed E-state index contributed by atoms with van der Waals surface area (Å²) < 4.78 is 18.3.